The van der Waals surface area contributed by atoms with E-state index in [-0.39, 0.29) is 11.2 Å². The zero-order valence-electron chi connectivity index (χ0n) is 9.27. The van der Waals surface area contributed by atoms with Crippen LogP contribution in [0.4, 0.5) is 5.82 Å². The van der Waals surface area contributed by atoms with Crippen molar-refractivity contribution in [2.45, 2.75) is 11.7 Å². The second-order valence-electron chi connectivity index (χ2n) is 3.88. The number of fused-ring (bicyclic) bond motifs is 1. The van der Waals surface area contributed by atoms with E-state index in [2.05, 4.69) is 42.9 Å². The summed E-state index contributed by atoms with van der Waals surface area (Å²) in [5.41, 5.74) is 1.16. The van der Waals surface area contributed by atoms with Gasteiger partial charge in [0.15, 0.2) is 0 Å². The number of halogens is 1. The molecular weight excluding hydrogens is 334 g/mol. The smallest absolute Gasteiger partial charge is 0.243 e. The molecule has 0 saturated carbocycles. The first-order valence-electron chi connectivity index (χ1n) is 5.43. The quantitative estimate of drug-likeness (QED) is 0.880. The molecule has 3 heterocycles. The average Bonchev–Trinajstić information content (AvgIpc) is 2.98. The minimum absolute atomic E-state index is 0.00398. The first kappa shape index (κ1) is 12.3. The predicted molar refractivity (Wildman–Crippen MR) is 78.1 cm³/mol. The van der Waals surface area contributed by atoms with Crippen molar-refractivity contribution in [1.29, 1.82) is 0 Å². The molecule has 1 amide bonds. The highest BCUT2D eigenvalue weighted by molar-refractivity contribution is 9.10. The second kappa shape index (κ2) is 5.07. The van der Waals surface area contributed by atoms with E-state index in [9.17, 15) is 4.79 Å². The van der Waals surface area contributed by atoms with Crippen LogP contribution in [0.2, 0.25) is 0 Å². The van der Waals surface area contributed by atoms with Crippen molar-refractivity contribution in [3.05, 3.63) is 32.6 Å². The van der Waals surface area contributed by atoms with Crippen molar-refractivity contribution in [1.82, 2.24) is 10.2 Å². The van der Waals surface area contributed by atoms with Gasteiger partial charge in [-0.1, -0.05) is 0 Å². The first-order valence-corrected chi connectivity index (χ1v) is 8.15. The van der Waals surface area contributed by atoms with Crippen LogP contribution in [-0.4, -0.2) is 21.9 Å². The summed E-state index contributed by atoms with van der Waals surface area (Å²) in [5, 5.41) is 11.4. The number of aromatic amines is 1. The van der Waals surface area contributed by atoms with Gasteiger partial charge in [0.1, 0.15) is 11.1 Å². The molecule has 0 fully saturated rings. The van der Waals surface area contributed by atoms with Crippen LogP contribution >= 0.6 is 39.0 Å². The van der Waals surface area contributed by atoms with E-state index in [0.29, 0.717) is 5.82 Å². The number of hydrogen-bond donors (Lipinski definition) is 2. The maximum Gasteiger partial charge on any atom is 0.243 e. The standard InChI is InChI=1S/C11H10BrN3OS2/c12-7-5-13-15-10(7)14-11(16)9-6-1-3-17-8(6)2-4-18-9/h1,3,5,9H,2,4H2,(H2,13,14,15,16)/t9-/m0/s1. The lowest BCUT2D eigenvalue weighted by Gasteiger charge is -2.21. The summed E-state index contributed by atoms with van der Waals surface area (Å²) >= 11 is 6.76. The molecule has 0 bridgehead atoms. The van der Waals surface area contributed by atoms with Crippen LogP contribution in [0.1, 0.15) is 15.7 Å². The topological polar surface area (TPSA) is 57.8 Å². The monoisotopic (exact) mass is 343 g/mol. The Labute approximate surface area is 121 Å². The lowest BCUT2D eigenvalue weighted by molar-refractivity contribution is -0.115. The zero-order valence-corrected chi connectivity index (χ0v) is 12.5. The van der Waals surface area contributed by atoms with Crippen molar-refractivity contribution in [2.75, 3.05) is 11.1 Å². The first-order chi connectivity index (χ1) is 8.75. The van der Waals surface area contributed by atoms with Crippen LogP contribution in [0.5, 0.6) is 0 Å². The highest BCUT2D eigenvalue weighted by Gasteiger charge is 2.28. The highest BCUT2D eigenvalue weighted by atomic mass is 79.9. The van der Waals surface area contributed by atoms with Gasteiger partial charge in [-0.3, -0.25) is 9.89 Å². The van der Waals surface area contributed by atoms with E-state index >= 15 is 0 Å². The van der Waals surface area contributed by atoms with Crippen molar-refractivity contribution in [2.24, 2.45) is 0 Å². The third-order valence-corrected chi connectivity index (χ3v) is 5.59. The number of anilines is 1. The van der Waals surface area contributed by atoms with Gasteiger partial charge in [0, 0.05) is 4.88 Å². The van der Waals surface area contributed by atoms with E-state index in [1.54, 1.807) is 29.3 Å². The molecule has 0 radical (unpaired) electrons. The Morgan fingerprint density at radius 1 is 1.61 bits per heavy atom. The fraction of sp³-hybridized carbons (Fsp3) is 0.273. The molecule has 0 saturated heterocycles. The summed E-state index contributed by atoms with van der Waals surface area (Å²) in [7, 11) is 0. The summed E-state index contributed by atoms with van der Waals surface area (Å²) in [4.78, 5) is 13.6. The van der Waals surface area contributed by atoms with Gasteiger partial charge >= 0.3 is 0 Å². The largest absolute Gasteiger partial charge is 0.309 e. The molecule has 18 heavy (non-hydrogen) atoms. The average molecular weight is 344 g/mol. The molecule has 1 aliphatic rings. The molecule has 2 N–H and O–H groups in total. The van der Waals surface area contributed by atoms with Crippen LogP contribution in [-0.2, 0) is 11.2 Å². The van der Waals surface area contributed by atoms with Gasteiger partial charge in [0.05, 0.1) is 10.7 Å². The van der Waals surface area contributed by atoms with Crippen molar-refractivity contribution >= 4 is 50.8 Å². The molecule has 4 nitrogen and oxygen atoms in total. The van der Waals surface area contributed by atoms with Gasteiger partial charge in [-0.25, -0.2) is 0 Å². The van der Waals surface area contributed by atoms with E-state index in [0.717, 1.165) is 22.2 Å². The Morgan fingerprint density at radius 2 is 2.50 bits per heavy atom. The summed E-state index contributed by atoms with van der Waals surface area (Å²) in [6, 6.07) is 2.05. The lowest BCUT2D eigenvalue weighted by Crippen LogP contribution is -2.22. The number of aryl methyl sites for hydroxylation is 1. The minimum atomic E-state index is -0.116. The molecule has 0 aromatic carbocycles. The highest BCUT2D eigenvalue weighted by Crippen LogP contribution is 2.40. The molecule has 2 aromatic rings. The molecule has 0 unspecified atom stereocenters. The van der Waals surface area contributed by atoms with Crippen molar-refractivity contribution in [3.8, 4) is 0 Å². The number of nitrogens with one attached hydrogen (secondary N) is 2. The molecule has 1 aliphatic heterocycles. The molecule has 1 atom stereocenters. The normalized spacial score (nSPS) is 18.4. The molecule has 2 aromatic heterocycles. The number of aromatic nitrogens is 2. The Morgan fingerprint density at radius 3 is 3.28 bits per heavy atom. The van der Waals surface area contributed by atoms with Gasteiger partial charge in [0.2, 0.25) is 5.91 Å². The number of carbonyl (C=O) groups excluding carboxylic acids is 1. The Bertz CT molecular complexity index is 580. The van der Waals surface area contributed by atoms with Crippen LogP contribution in [0.3, 0.4) is 0 Å². The van der Waals surface area contributed by atoms with Gasteiger partial charge in [-0.2, -0.15) is 5.10 Å². The number of thioether (sulfide) groups is 1. The third kappa shape index (κ3) is 2.22. The molecule has 3 rings (SSSR count). The maximum atomic E-state index is 12.3. The van der Waals surface area contributed by atoms with E-state index in [1.807, 2.05) is 0 Å². The van der Waals surface area contributed by atoms with Crippen LogP contribution in [0.15, 0.2) is 22.1 Å². The summed E-state index contributed by atoms with van der Waals surface area (Å²) in [5.74, 6) is 1.61. The fourth-order valence-corrected chi connectivity index (χ4v) is 4.49. The molecule has 94 valence electrons. The predicted octanol–water partition coefficient (Wildman–Crippen LogP) is 3.20. The number of carbonyl (C=O) groups is 1. The second-order valence-corrected chi connectivity index (χ2v) is 6.95. The summed E-state index contributed by atoms with van der Waals surface area (Å²) < 4.78 is 0.766. The van der Waals surface area contributed by atoms with E-state index < -0.39 is 0 Å². The van der Waals surface area contributed by atoms with Crippen molar-refractivity contribution < 1.29 is 4.79 Å². The third-order valence-electron chi connectivity index (χ3n) is 2.76. The van der Waals surface area contributed by atoms with Gasteiger partial charge in [-0.05, 0) is 45.1 Å². The molecule has 0 spiro atoms. The number of nitrogens with zero attached hydrogens (tertiary/aromatic N) is 1. The summed E-state index contributed by atoms with van der Waals surface area (Å²) in [6.07, 6.45) is 2.69. The number of H-pyrrole nitrogens is 1. The Balaban J connectivity index is 1.81. The molecule has 7 heteroatoms. The van der Waals surface area contributed by atoms with Crippen molar-refractivity contribution in [3.63, 3.8) is 0 Å². The number of hydrogen-bond acceptors (Lipinski definition) is 4. The maximum absolute atomic E-state index is 12.3. The van der Waals surface area contributed by atoms with Crippen LogP contribution in [0.25, 0.3) is 0 Å². The molecule has 0 aliphatic carbocycles. The van der Waals surface area contributed by atoms with Crippen LogP contribution < -0.4 is 5.32 Å². The SMILES string of the molecule is O=C(Nc1[nH]ncc1Br)[C@H]1SCCc2sccc21. The number of rotatable bonds is 2. The van der Waals surface area contributed by atoms with E-state index in [1.165, 1.54) is 4.88 Å². The number of thiophene rings is 1. The van der Waals surface area contributed by atoms with E-state index in [4.69, 9.17) is 0 Å². The van der Waals surface area contributed by atoms with Gasteiger partial charge < -0.3 is 5.32 Å². The Hall–Kier alpha value is -0.790. The molecular formula is C11H10BrN3OS2. The summed E-state index contributed by atoms with van der Waals surface area (Å²) in [6.45, 7) is 0. The fourth-order valence-electron chi connectivity index (χ4n) is 1.91. The van der Waals surface area contributed by atoms with Gasteiger partial charge in [-0.15, -0.1) is 23.1 Å². The minimum Gasteiger partial charge on any atom is -0.309 e. The van der Waals surface area contributed by atoms with Crippen LogP contribution in [0, 0.1) is 0 Å². The Kier molecular flexibility index (Phi) is 3.45. The lowest BCUT2D eigenvalue weighted by atomic mass is 10.1. The zero-order chi connectivity index (χ0) is 12.5. The van der Waals surface area contributed by atoms with Gasteiger partial charge in [0.25, 0.3) is 0 Å². The number of amides is 1.